The SMILES string of the molecule is CC(C)c1cccc(NC(N)=NCC2(C)CCCS2)c1.I. The number of rotatable bonds is 4. The maximum Gasteiger partial charge on any atom is 0.193 e. The Balaban J connectivity index is 0.00000220. The summed E-state index contributed by atoms with van der Waals surface area (Å²) >= 11 is 2.01. The summed E-state index contributed by atoms with van der Waals surface area (Å²) in [4.78, 5) is 4.51. The van der Waals surface area contributed by atoms with Crippen LogP contribution in [0.5, 0.6) is 0 Å². The van der Waals surface area contributed by atoms with Crippen LogP contribution in [-0.2, 0) is 0 Å². The van der Waals surface area contributed by atoms with Crippen LogP contribution >= 0.6 is 35.7 Å². The molecule has 0 amide bonds. The summed E-state index contributed by atoms with van der Waals surface area (Å²) in [5.41, 5.74) is 8.32. The topological polar surface area (TPSA) is 50.4 Å². The molecule has 3 N–H and O–H groups in total. The highest BCUT2D eigenvalue weighted by Crippen LogP contribution is 2.37. The highest BCUT2D eigenvalue weighted by molar-refractivity contribution is 14.0. The van der Waals surface area contributed by atoms with Crippen molar-refractivity contribution in [3.63, 3.8) is 0 Å². The third-order valence-corrected chi connectivity index (χ3v) is 5.23. The van der Waals surface area contributed by atoms with Crippen molar-refractivity contribution < 1.29 is 0 Å². The maximum atomic E-state index is 6.00. The monoisotopic (exact) mass is 419 g/mol. The molecule has 118 valence electrons. The van der Waals surface area contributed by atoms with Crippen LogP contribution in [0.3, 0.4) is 0 Å². The Morgan fingerprint density at radius 1 is 1.48 bits per heavy atom. The van der Waals surface area contributed by atoms with Crippen LogP contribution in [-0.4, -0.2) is 23.0 Å². The van der Waals surface area contributed by atoms with Gasteiger partial charge in [-0.2, -0.15) is 11.8 Å². The van der Waals surface area contributed by atoms with Gasteiger partial charge in [0.15, 0.2) is 5.96 Å². The van der Waals surface area contributed by atoms with Gasteiger partial charge in [-0.3, -0.25) is 4.99 Å². The minimum absolute atomic E-state index is 0. The number of anilines is 1. The summed E-state index contributed by atoms with van der Waals surface area (Å²) < 4.78 is 0.270. The number of nitrogens with zero attached hydrogens (tertiary/aromatic N) is 1. The summed E-state index contributed by atoms with van der Waals surface area (Å²) in [6, 6.07) is 8.36. The molecule has 2 rings (SSSR count). The lowest BCUT2D eigenvalue weighted by molar-refractivity contribution is 0.619. The standard InChI is InChI=1S/C16H25N3S.HI/c1-12(2)13-6-4-7-14(10-13)19-15(17)18-11-16(3)8-5-9-20-16;/h4,6-7,10,12H,5,8-9,11H2,1-3H3,(H3,17,18,19);1H. The summed E-state index contributed by atoms with van der Waals surface area (Å²) in [5, 5.41) is 3.20. The molecule has 21 heavy (non-hydrogen) atoms. The summed E-state index contributed by atoms with van der Waals surface area (Å²) in [5.74, 6) is 2.28. The second-order valence-electron chi connectivity index (χ2n) is 6.01. The quantitative estimate of drug-likeness (QED) is 0.431. The molecule has 0 aromatic heterocycles. The second-order valence-corrected chi connectivity index (χ2v) is 7.69. The fourth-order valence-electron chi connectivity index (χ4n) is 2.38. The van der Waals surface area contributed by atoms with Gasteiger partial charge in [0, 0.05) is 10.4 Å². The molecule has 1 saturated heterocycles. The highest BCUT2D eigenvalue weighted by Gasteiger charge is 2.29. The molecule has 0 saturated carbocycles. The molecule has 1 unspecified atom stereocenters. The Morgan fingerprint density at radius 3 is 2.86 bits per heavy atom. The third kappa shape index (κ3) is 5.70. The predicted molar refractivity (Wildman–Crippen MR) is 106 cm³/mol. The van der Waals surface area contributed by atoms with Gasteiger partial charge in [-0.15, -0.1) is 24.0 Å². The first-order valence-corrected chi connectivity index (χ1v) is 8.28. The number of aliphatic imine (C=N–C) groups is 1. The zero-order valence-corrected chi connectivity index (χ0v) is 16.2. The van der Waals surface area contributed by atoms with E-state index in [1.54, 1.807) is 0 Å². The van der Waals surface area contributed by atoms with E-state index in [1.807, 2.05) is 17.8 Å². The van der Waals surface area contributed by atoms with Gasteiger partial charge < -0.3 is 11.1 Å². The van der Waals surface area contributed by atoms with Crippen LogP contribution in [0.1, 0.15) is 45.1 Å². The van der Waals surface area contributed by atoms with Gasteiger partial charge in [0.2, 0.25) is 0 Å². The minimum atomic E-state index is 0. The number of nitrogens with one attached hydrogen (secondary N) is 1. The molecule has 1 aliphatic heterocycles. The van der Waals surface area contributed by atoms with Crippen molar-refractivity contribution in [2.75, 3.05) is 17.6 Å². The smallest absolute Gasteiger partial charge is 0.193 e. The van der Waals surface area contributed by atoms with Crippen molar-refractivity contribution in [1.29, 1.82) is 0 Å². The Labute approximate surface area is 149 Å². The molecule has 5 heteroatoms. The van der Waals surface area contributed by atoms with Crippen LogP contribution in [0.25, 0.3) is 0 Å². The number of nitrogens with two attached hydrogens (primary N) is 1. The molecule has 3 nitrogen and oxygen atoms in total. The summed E-state index contributed by atoms with van der Waals surface area (Å²) in [7, 11) is 0. The highest BCUT2D eigenvalue weighted by atomic mass is 127. The first-order valence-electron chi connectivity index (χ1n) is 7.29. The number of halogens is 1. The Bertz CT molecular complexity index is 482. The molecule has 1 fully saturated rings. The van der Waals surface area contributed by atoms with Crippen molar-refractivity contribution in [2.24, 2.45) is 10.7 Å². The normalized spacial score (nSPS) is 22.2. The van der Waals surface area contributed by atoms with Crippen molar-refractivity contribution in [3.05, 3.63) is 29.8 Å². The fraction of sp³-hybridized carbons (Fsp3) is 0.562. The van der Waals surface area contributed by atoms with Crippen LogP contribution in [0, 0.1) is 0 Å². The van der Waals surface area contributed by atoms with Gasteiger partial charge in [0.05, 0.1) is 6.54 Å². The average molecular weight is 419 g/mol. The van der Waals surface area contributed by atoms with Crippen LogP contribution in [0.15, 0.2) is 29.3 Å². The second kappa shape index (κ2) is 8.27. The first-order chi connectivity index (χ1) is 9.48. The van der Waals surface area contributed by atoms with Gasteiger partial charge >= 0.3 is 0 Å². The van der Waals surface area contributed by atoms with E-state index in [4.69, 9.17) is 5.73 Å². The van der Waals surface area contributed by atoms with Crippen molar-refractivity contribution in [2.45, 2.75) is 44.3 Å². The van der Waals surface area contributed by atoms with E-state index in [0.717, 1.165) is 12.2 Å². The number of guanidine groups is 1. The van der Waals surface area contributed by atoms with Crippen LogP contribution < -0.4 is 11.1 Å². The van der Waals surface area contributed by atoms with E-state index < -0.39 is 0 Å². The lowest BCUT2D eigenvalue weighted by Crippen LogP contribution is -2.27. The molecule has 1 aromatic rings. The summed E-state index contributed by atoms with van der Waals surface area (Å²) in [6.45, 7) is 7.45. The molecule has 0 spiro atoms. The largest absolute Gasteiger partial charge is 0.370 e. The molecular weight excluding hydrogens is 393 g/mol. The van der Waals surface area contributed by atoms with Gasteiger partial charge in [-0.25, -0.2) is 0 Å². The Kier molecular flexibility index (Phi) is 7.33. The van der Waals surface area contributed by atoms with Crippen molar-refractivity contribution >= 4 is 47.4 Å². The molecule has 1 atom stereocenters. The fourth-order valence-corrected chi connectivity index (χ4v) is 3.60. The number of benzene rings is 1. The molecule has 1 aromatic carbocycles. The van der Waals surface area contributed by atoms with E-state index >= 15 is 0 Å². The third-order valence-electron chi connectivity index (χ3n) is 3.71. The number of hydrogen-bond acceptors (Lipinski definition) is 2. The molecule has 1 heterocycles. The van der Waals surface area contributed by atoms with Gasteiger partial charge in [-0.05, 0) is 49.1 Å². The van der Waals surface area contributed by atoms with Gasteiger partial charge in [-0.1, -0.05) is 26.0 Å². The average Bonchev–Trinajstić information content (AvgIpc) is 2.84. The zero-order chi connectivity index (χ0) is 14.6. The molecule has 0 bridgehead atoms. The van der Waals surface area contributed by atoms with E-state index in [2.05, 4.69) is 49.3 Å². The van der Waals surface area contributed by atoms with E-state index in [1.165, 1.54) is 24.2 Å². The van der Waals surface area contributed by atoms with Gasteiger partial charge in [0.1, 0.15) is 0 Å². The molecular formula is C16H26IN3S. The molecule has 0 radical (unpaired) electrons. The van der Waals surface area contributed by atoms with Crippen molar-refractivity contribution in [3.8, 4) is 0 Å². The zero-order valence-electron chi connectivity index (χ0n) is 13.1. The predicted octanol–water partition coefficient (Wildman–Crippen LogP) is 4.44. The van der Waals surface area contributed by atoms with E-state index in [9.17, 15) is 0 Å². The maximum absolute atomic E-state index is 6.00. The molecule has 0 aliphatic carbocycles. The first kappa shape index (κ1) is 18.6. The Morgan fingerprint density at radius 2 is 2.24 bits per heavy atom. The Hall–Kier alpha value is -0.430. The number of hydrogen-bond donors (Lipinski definition) is 2. The van der Waals surface area contributed by atoms with Crippen molar-refractivity contribution in [1.82, 2.24) is 0 Å². The summed E-state index contributed by atoms with van der Waals surface area (Å²) in [6.07, 6.45) is 2.53. The lowest BCUT2D eigenvalue weighted by Gasteiger charge is -2.20. The number of thioether (sulfide) groups is 1. The van der Waals surface area contributed by atoms with Crippen LogP contribution in [0.4, 0.5) is 5.69 Å². The minimum Gasteiger partial charge on any atom is -0.370 e. The van der Waals surface area contributed by atoms with E-state index in [0.29, 0.717) is 11.9 Å². The van der Waals surface area contributed by atoms with E-state index in [-0.39, 0.29) is 28.7 Å². The van der Waals surface area contributed by atoms with Gasteiger partial charge in [0.25, 0.3) is 0 Å². The lowest BCUT2D eigenvalue weighted by atomic mass is 10.0. The molecule has 1 aliphatic rings. The van der Waals surface area contributed by atoms with Crippen LogP contribution in [0.2, 0.25) is 0 Å².